The summed E-state index contributed by atoms with van der Waals surface area (Å²) < 4.78 is 0. The molecule has 2 aromatic rings. The van der Waals surface area contributed by atoms with Gasteiger partial charge >= 0.3 is 0 Å². The van der Waals surface area contributed by atoms with E-state index in [-0.39, 0.29) is 5.41 Å². The number of H-pyrrole nitrogens is 1. The van der Waals surface area contributed by atoms with E-state index in [9.17, 15) is 0 Å². The summed E-state index contributed by atoms with van der Waals surface area (Å²) in [7, 11) is 0. The Labute approximate surface area is 84.5 Å². The summed E-state index contributed by atoms with van der Waals surface area (Å²) in [6.07, 6.45) is 3.97. The molecule has 1 aromatic heterocycles. The van der Waals surface area contributed by atoms with Gasteiger partial charge in [0.15, 0.2) is 0 Å². The third-order valence-corrected chi connectivity index (χ3v) is 2.80. The highest BCUT2D eigenvalue weighted by Gasteiger charge is 2.18. The van der Waals surface area contributed by atoms with Crippen LogP contribution in [-0.4, -0.2) is 4.98 Å². The molecule has 0 saturated heterocycles. The molecule has 1 nitrogen and oxygen atoms in total. The van der Waals surface area contributed by atoms with Crippen LogP contribution in [0.4, 0.5) is 0 Å². The second-order valence-corrected chi connectivity index (χ2v) is 4.17. The highest BCUT2D eigenvalue weighted by Crippen LogP contribution is 2.30. The molecule has 0 saturated carbocycles. The fourth-order valence-corrected chi connectivity index (χ4v) is 1.76. The number of benzene rings is 1. The zero-order valence-corrected chi connectivity index (χ0v) is 8.67. The standard InChI is InChI=1S/C13H15N/c1-4-13(2,3)11-6-5-7-12-10(11)8-9-14-12/h4-9,14H,1H2,2-3H3. The number of rotatable bonds is 2. The van der Waals surface area contributed by atoms with Crippen LogP contribution in [0.5, 0.6) is 0 Å². The molecule has 0 aliphatic carbocycles. The average Bonchev–Trinajstić information content (AvgIpc) is 2.64. The lowest BCUT2D eigenvalue weighted by Crippen LogP contribution is -2.12. The quantitative estimate of drug-likeness (QED) is 0.688. The molecule has 0 fully saturated rings. The van der Waals surface area contributed by atoms with Crippen LogP contribution in [0.2, 0.25) is 0 Å². The molecule has 0 aliphatic rings. The van der Waals surface area contributed by atoms with Gasteiger partial charge in [-0.3, -0.25) is 0 Å². The molecule has 1 heteroatoms. The van der Waals surface area contributed by atoms with E-state index in [2.05, 4.69) is 49.7 Å². The molecule has 2 rings (SSSR count). The van der Waals surface area contributed by atoms with Crippen molar-refractivity contribution in [3.05, 3.63) is 48.7 Å². The average molecular weight is 185 g/mol. The molecule has 14 heavy (non-hydrogen) atoms. The molecule has 1 heterocycles. The largest absolute Gasteiger partial charge is 0.361 e. The van der Waals surface area contributed by atoms with Crippen molar-refractivity contribution in [3.63, 3.8) is 0 Å². The van der Waals surface area contributed by atoms with Gasteiger partial charge in [-0.1, -0.05) is 32.1 Å². The van der Waals surface area contributed by atoms with E-state index in [0.29, 0.717) is 0 Å². The number of hydrogen-bond donors (Lipinski definition) is 1. The van der Waals surface area contributed by atoms with E-state index < -0.39 is 0 Å². The molecule has 0 bridgehead atoms. The van der Waals surface area contributed by atoms with Crippen molar-refractivity contribution in [1.82, 2.24) is 4.98 Å². The summed E-state index contributed by atoms with van der Waals surface area (Å²) in [5.41, 5.74) is 2.55. The van der Waals surface area contributed by atoms with Crippen molar-refractivity contribution < 1.29 is 0 Å². The SMILES string of the molecule is C=CC(C)(C)c1cccc2[nH]ccc12. The summed E-state index contributed by atoms with van der Waals surface area (Å²) in [4.78, 5) is 3.22. The molecule has 1 aromatic carbocycles. The van der Waals surface area contributed by atoms with Crippen molar-refractivity contribution >= 4 is 10.9 Å². The number of hydrogen-bond acceptors (Lipinski definition) is 0. The Morgan fingerprint density at radius 3 is 2.79 bits per heavy atom. The van der Waals surface area contributed by atoms with E-state index in [1.54, 1.807) is 0 Å². The predicted octanol–water partition coefficient (Wildman–Crippen LogP) is 3.63. The molecule has 72 valence electrons. The first-order valence-electron chi connectivity index (χ1n) is 4.85. The lowest BCUT2D eigenvalue weighted by atomic mass is 9.83. The summed E-state index contributed by atoms with van der Waals surface area (Å²) in [5.74, 6) is 0. The maximum atomic E-state index is 3.89. The van der Waals surface area contributed by atoms with Gasteiger partial charge in [0.1, 0.15) is 0 Å². The lowest BCUT2D eigenvalue weighted by molar-refractivity contribution is 0.679. The zero-order chi connectivity index (χ0) is 10.2. The Morgan fingerprint density at radius 1 is 1.29 bits per heavy atom. The minimum Gasteiger partial charge on any atom is -0.361 e. The van der Waals surface area contributed by atoms with E-state index in [1.807, 2.05) is 12.3 Å². The van der Waals surface area contributed by atoms with Crippen molar-refractivity contribution in [3.8, 4) is 0 Å². The molecule has 0 radical (unpaired) electrons. The van der Waals surface area contributed by atoms with E-state index in [0.717, 1.165) is 0 Å². The van der Waals surface area contributed by atoms with E-state index in [1.165, 1.54) is 16.5 Å². The molecule has 0 unspecified atom stereocenters. The minimum atomic E-state index is 0.0295. The first kappa shape index (κ1) is 9.07. The smallest absolute Gasteiger partial charge is 0.0457 e. The van der Waals surface area contributed by atoms with Gasteiger partial charge in [-0.2, -0.15) is 0 Å². The first-order chi connectivity index (χ1) is 6.65. The van der Waals surface area contributed by atoms with Gasteiger partial charge in [0, 0.05) is 22.5 Å². The highest BCUT2D eigenvalue weighted by molar-refractivity contribution is 5.84. The first-order valence-corrected chi connectivity index (χ1v) is 4.85. The Kier molecular flexibility index (Phi) is 1.95. The van der Waals surface area contributed by atoms with Crippen LogP contribution in [0.1, 0.15) is 19.4 Å². The van der Waals surface area contributed by atoms with Gasteiger partial charge in [-0.25, -0.2) is 0 Å². The van der Waals surface area contributed by atoms with Crippen LogP contribution < -0.4 is 0 Å². The number of allylic oxidation sites excluding steroid dienone is 1. The zero-order valence-electron chi connectivity index (χ0n) is 8.67. The highest BCUT2D eigenvalue weighted by atomic mass is 14.7. The van der Waals surface area contributed by atoms with Crippen LogP contribution in [-0.2, 0) is 5.41 Å². The van der Waals surface area contributed by atoms with Crippen molar-refractivity contribution in [1.29, 1.82) is 0 Å². The number of aromatic amines is 1. The number of aromatic nitrogens is 1. The minimum absolute atomic E-state index is 0.0295. The Balaban J connectivity index is 2.73. The van der Waals surface area contributed by atoms with Crippen LogP contribution in [0, 0.1) is 0 Å². The number of fused-ring (bicyclic) bond motifs is 1. The molecule has 0 amide bonds. The van der Waals surface area contributed by atoms with Crippen molar-refractivity contribution in [2.24, 2.45) is 0 Å². The third kappa shape index (κ3) is 1.25. The van der Waals surface area contributed by atoms with Gasteiger partial charge in [0.25, 0.3) is 0 Å². The van der Waals surface area contributed by atoms with Crippen LogP contribution in [0.3, 0.4) is 0 Å². The van der Waals surface area contributed by atoms with Crippen molar-refractivity contribution in [2.45, 2.75) is 19.3 Å². The third-order valence-electron chi connectivity index (χ3n) is 2.80. The van der Waals surface area contributed by atoms with Gasteiger partial charge in [0.05, 0.1) is 0 Å². The molecule has 1 N–H and O–H groups in total. The van der Waals surface area contributed by atoms with Crippen LogP contribution >= 0.6 is 0 Å². The summed E-state index contributed by atoms with van der Waals surface area (Å²) in [5, 5.41) is 1.29. The van der Waals surface area contributed by atoms with E-state index in [4.69, 9.17) is 0 Å². The maximum absolute atomic E-state index is 3.89. The topological polar surface area (TPSA) is 15.8 Å². The van der Waals surface area contributed by atoms with Gasteiger partial charge in [0.2, 0.25) is 0 Å². The molecular formula is C13H15N. The Hall–Kier alpha value is -1.50. The molecule has 0 aliphatic heterocycles. The summed E-state index contributed by atoms with van der Waals surface area (Å²) >= 11 is 0. The molecule has 0 atom stereocenters. The van der Waals surface area contributed by atoms with E-state index >= 15 is 0 Å². The van der Waals surface area contributed by atoms with Gasteiger partial charge in [-0.05, 0) is 17.7 Å². The lowest BCUT2D eigenvalue weighted by Gasteiger charge is -2.21. The monoisotopic (exact) mass is 185 g/mol. The Bertz CT molecular complexity index is 463. The summed E-state index contributed by atoms with van der Waals surface area (Å²) in [6.45, 7) is 8.25. The molecular weight excluding hydrogens is 170 g/mol. The second-order valence-electron chi connectivity index (χ2n) is 4.17. The Morgan fingerprint density at radius 2 is 2.07 bits per heavy atom. The fraction of sp³-hybridized carbons (Fsp3) is 0.231. The van der Waals surface area contributed by atoms with Gasteiger partial charge < -0.3 is 4.98 Å². The fourth-order valence-electron chi connectivity index (χ4n) is 1.76. The van der Waals surface area contributed by atoms with Crippen LogP contribution in [0.15, 0.2) is 43.1 Å². The van der Waals surface area contributed by atoms with Gasteiger partial charge in [-0.15, -0.1) is 6.58 Å². The maximum Gasteiger partial charge on any atom is 0.0457 e. The second kappa shape index (κ2) is 3.02. The molecule has 0 spiro atoms. The number of nitrogens with one attached hydrogen (secondary N) is 1. The van der Waals surface area contributed by atoms with Crippen LogP contribution in [0.25, 0.3) is 10.9 Å². The van der Waals surface area contributed by atoms with Crippen molar-refractivity contribution in [2.75, 3.05) is 0 Å². The normalized spacial score (nSPS) is 11.9. The summed E-state index contributed by atoms with van der Waals surface area (Å²) in [6, 6.07) is 8.46. The predicted molar refractivity (Wildman–Crippen MR) is 61.5 cm³/mol.